The van der Waals surface area contributed by atoms with Crippen LogP contribution in [0.25, 0.3) is 0 Å². The maximum atomic E-state index is 13.0. The van der Waals surface area contributed by atoms with Crippen molar-refractivity contribution in [1.82, 2.24) is 20.4 Å². The van der Waals surface area contributed by atoms with Gasteiger partial charge in [0.2, 0.25) is 11.8 Å². The quantitative estimate of drug-likeness (QED) is 0.666. The molecule has 4 rings (SSSR count). The fraction of sp³-hybridized carbons (Fsp3) is 0.565. The number of fused-ring (bicyclic) bond motifs is 1. The molecule has 3 aliphatic heterocycles. The van der Waals surface area contributed by atoms with Crippen LogP contribution < -0.4 is 10.6 Å². The lowest BCUT2D eigenvalue weighted by atomic mass is 10.0. The summed E-state index contributed by atoms with van der Waals surface area (Å²) >= 11 is 0. The van der Waals surface area contributed by atoms with Crippen molar-refractivity contribution < 1.29 is 19.2 Å². The lowest BCUT2D eigenvalue weighted by Crippen LogP contribution is -2.54. The molecular formula is C23H30N4O4. The largest absolute Gasteiger partial charge is 0.314 e. The molecule has 1 aromatic carbocycles. The van der Waals surface area contributed by atoms with Gasteiger partial charge in [-0.05, 0) is 62.5 Å². The average Bonchev–Trinajstić information content (AvgIpc) is 2.98. The van der Waals surface area contributed by atoms with Crippen LogP contribution in [0.15, 0.2) is 18.2 Å². The minimum Gasteiger partial charge on any atom is -0.314 e. The van der Waals surface area contributed by atoms with Gasteiger partial charge in [-0.15, -0.1) is 0 Å². The number of likely N-dealkylation sites (tertiary alicyclic amines) is 1. The summed E-state index contributed by atoms with van der Waals surface area (Å²) < 4.78 is 0. The number of hydrogen-bond donors (Lipinski definition) is 2. The molecule has 1 atom stereocenters. The van der Waals surface area contributed by atoms with E-state index in [-0.39, 0.29) is 18.7 Å². The third kappa shape index (κ3) is 4.55. The van der Waals surface area contributed by atoms with Gasteiger partial charge in [-0.3, -0.25) is 34.3 Å². The first-order valence-corrected chi connectivity index (χ1v) is 11.1. The van der Waals surface area contributed by atoms with E-state index in [4.69, 9.17) is 0 Å². The number of nitrogens with one attached hydrogen (secondary N) is 2. The van der Waals surface area contributed by atoms with E-state index >= 15 is 0 Å². The Morgan fingerprint density at radius 2 is 1.74 bits per heavy atom. The molecule has 3 heterocycles. The van der Waals surface area contributed by atoms with Gasteiger partial charge in [-0.1, -0.05) is 19.9 Å². The monoisotopic (exact) mass is 426 g/mol. The Morgan fingerprint density at radius 1 is 1.03 bits per heavy atom. The molecule has 0 aliphatic carbocycles. The van der Waals surface area contributed by atoms with Crippen molar-refractivity contribution in [2.24, 2.45) is 5.92 Å². The molecule has 8 heteroatoms. The van der Waals surface area contributed by atoms with Gasteiger partial charge in [0.25, 0.3) is 11.8 Å². The second kappa shape index (κ2) is 8.88. The molecule has 4 amide bonds. The molecular weight excluding hydrogens is 396 g/mol. The van der Waals surface area contributed by atoms with Crippen LogP contribution in [-0.2, 0) is 16.1 Å². The zero-order chi connectivity index (χ0) is 22.1. The van der Waals surface area contributed by atoms with Crippen LogP contribution in [0.5, 0.6) is 0 Å². The van der Waals surface area contributed by atoms with Crippen molar-refractivity contribution in [3.05, 3.63) is 34.9 Å². The molecule has 2 N–H and O–H groups in total. The normalized spacial score (nSPS) is 22.9. The smallest absolute Gasteiger partial charge is 0.262 e. The highest BCUT2D eigenvalue weighted by atomic mass is 16.2. The second-order valence-corrected chi connectivity index (χ2v) is 9.18. The van der Waals surface area contributed by atoms with Crippen molar-refractivity contribution in [2.45, 2.75) is 58.2 Å². The molecule has 0 bridgehead atoms. The Balaban J connectivity index is 1.40. The molecule has 3 aliphatic rings. The molecule has 166 valence electrons. The van der Waals surface area contributed by atoms with Crippen molar-refractivity contribution in [3.8, 4) is 0 Å². The van der Waals surface area contributed by atoms with Crippen molar-refractivity contribution in [1.29, 1.82) is 0 Å². The van der Waals surface area contributed by atoms with Crippen LogP contribution in [0.1, 0.15) is 65.8 Å². The van der Waals surface area contributed by atoms with Gasteiger partial charge in [0.1, 0.15) is 6.04 Å². The molecule has 1 aromatic rings. The molecule has 2 fully saturated rings. The van der Waals surface area contributed by atoms with Gasteiger partial charge in [-0.25, -0.2) is 0 Å². The van der Waals surface area contributed by atoms with Crippen molar-refractivity contribution in [2.75, 3.05) is 19.6 Å². The van der Waals surface area contributed by atoms with Gasteiger partial charge in [-0.2, -0.15) is 0 Å². The SMILES string of the molecule is CC(C)CNC1CCN(Cc2ccc3c(c2)C(=O)N(C2CCC(=O)NC2=O)C3=O)CC1. The van der Waals surface area contributed by atoms with Gasteiger partial charge < -0.3 is 5.32 Å². The molecule has 0 radical (unpaired) electrons. The number of piperidine rings is 2. The number of imide groups is 2. The van der Waals surface area contributed by atoms with E-state index < -0.39 is 23.8 Å². The maximum Gasteiger partial charge on any atom is 0.262 e. The Kier molecular flexibility index (Phi) is 6.20. The topological polar surface area (TPSA) is 98.8 Å². The Morgan fingerprint density at radius 3 is 2.42 bits per heavy atom. The summed E-state index contributed by atoms with van der Waals surface area (Å²) in [5, 5.41) is 5.85. The highest BCUT2D eigenvalue weighted by molar-refractivity contribution is 6.23. The number of rotatable bonds is 6. The molecule has 1 unspecified atom stereocenters. The van der Waals surface area contributed by atoms with Gasteiger partial charge >= 0.3 is 0 Å². The van der Waals surface area contributed by atoms with E-state index in [0.29, 0.717) is 23.1 Å². The summed E-state index contributed by atoms with van der Waals surface area (Å²) in [7, 11) is 0. The van der Waals surface area contributed by atoms with E-state index in [1.165, 1.54) is 0 Å². The van der Waals surface area contributed by atoms with Crippen LogP contribution in [0.4, 0.5) is 0 Å². The minimum absolute atomic E-state index is 0.122. The van der Waals surface area contributed by atoms with Crippen LogP contribution in [-0.4, -0.2) is 65.1 Å². The van der Waals surface area contributed by atoms with Crippen LogP contribution >= 0.6 is 0 Å². The van der Waals surface area contributed by atoms with E-state index in [2.05, 4.69) is 29.4 Å². The Hall–Kier alpha value is -2.58. The fourth-order valence-corrected chi connectivity index (χ4v) is 4.57. The number of carbonyl (C=O) groups is 4. The fourth-order valence-electron chi connectivity index (χ4n) is 4.57. The number of amides is 4. The first kappa shape index (κ1) is 21.6. The summed E-state index contributed by atoms with van der Waals surface area (Å²) in [6.07, 6.45) is 2.48. The first-order valence-electron chi connectivity index (χ1n) is 11.1. The van der Waals surface area contributed by atoms with E-state index in [1.54, 1.807) is 12.1 Å². The summed E-state index contributed by atoms with van der Waals surface area (Å²) in [5.41, 5.74) is 1.66. The lowest BCUT2D eigenvalue weighted by molar-refractivity contribution is -0.136. The molecule has 31 heavy (non-hydrogen) atoms. The van der Waals surface area contributed by atoms with Gasteiger partial charge in [0.05, 0.1) is 11.1 Å². The van der Waals surface area contributed by atoms with Crippen LogP contribution in [0, 0.1) is 5.92 Å². The average molecular weight is 427 g/mol. The lowest BCUT2D eigenvalue weighted by Gasteiger charge is -2.33. The summed E-state index contributed by atoms with van der Waals surface area (Å²) in [6.45, 7) is 8.16. The first-order chi connectivity index (χ1) is 14.8. The maximum absolute atomic E-state index is 13.0. The van der Waals surface area contributed by atoms with Gasteiger partial charge in [0, 0.05) is 19.0 Å². The molecule has 0 spiro atoms. The van der Waals surface area contributed by atoms with Gasteiger partial charge in [0.15, 0.2) is 0 Å². The number of hydrogen-bond acceptors (Lipinski definition) is 6. The van der Waals surface area contributed by atoms with Crippen molar-refractivity contribution >= 4 is 23.6 Å². The summed E-state index contributed by atoms with van der Waals surface area (Å²) in [4.78, 5) is 52.7. The number of nitrogens with zero attached hydrogens (tertiary/aromatic N) is 2. The molecule has 0 saturated carbocycles. The predicted molar refractivity (Wildman–Crippen MR) is 114 cm³/mol. The highest BCUT2D eigenvalue weighted by Crippen LogP contribution is 2.29. The Labute approximate surface area is 182 Å². The number of benzene rings is 1. The van der Waals surface area contributed by atoms with E-state index in [0.717, 1.165) is 49.5 Å². The highest BCUT2D eigenvalue weighted by Gasteiger charge is 2.44. The second-order valence-electron chi connectivity index (χ2n) is 9.18. The summed E-state index contributed by atoms with van der Waals surface area (Å²) in [6, 6.07) is 4.99. The number of carbonyl (C=O) groups excluding carboxylic acids is 4. The third-order valence-corrected chi connectivity index (χ3v) is 6.31. The molecule has 2 saturated heterocycles. The van der Waals surface area contributed by atoms with Crippen molar-refractivity contribution in [3.63, 3.8) is 0 Å². The molecule has 8 nitrogen and oxygen atoms in total. The Bertz CT molecular complexity index is 905. The van der Waals surface area contributed by atoms with Crippen LogP contribution in [0.3, 0.4) is 0 Å². The predicted octanol–water partition coefficient (Wildman–Crippen LogP) is 1.30. The van der Waals surface area contributed by atoms with Crippen LogP contribution in [0.2, 0.25) is 0 Å². The third-order valence-electron chi connectivity index (χ3n) is 6.31. The van der Waals surface area contributed by atoms with E-state index in [1.807, 2.05) is 6.07 Å². The minimum atomic E-state index is -0.925. The van der Waals surface area contributed by atoms with E-state index in [9.17, 15) is 19.2 Å². The zero-order valence-electron chi connectivity index (χ0n) is 18.1. The molecule has 0 aromatic heterocycles. The zero-order valence-corrected chi connectivity index (χ0v) is 18.1. The summed E-state index contributed by atoms with van der Waals surface area (Å²) in [5.74, 6) is -1.22. The standard InChI is InChI=1S/C23H30N4O4/c1-14(2)12-24-16-7-9-26(10-8-16)13-15-3-4-17-18(11-15)23(31)27(22(17)30)19-5-6-20(28)25-21(19)29/h3-4,11,14,16,19,24H,5-10,12-13H2,1-2H3,(H,25,28,29).